The molecule has 5 heteroatoms. The lowest BCUT2D eigenvalue weighted by atomic mass is 9.91. The summed E-state index contributed by atoms with van der Waals surface area (Å²) >= 11 is 0. The number of likely N-dealkylation sites (tertiary alicyclic amines) is 1. The molecule has 2 N–H and O–H groups in total. The summed E-state index contributed by atoms with van der Waals surface area (Å²) in [6.45, 7) is 5.24. The number of carboxylic acid groups (broad SMARTS) is 1. The Morgan fingerprint density at radius 1 is 1.44 bits per heavy atom. The fourth-order valence-corrected chi connectivity index (χ4v) is 2.57. The minimum absolute atomic E-state index is 0.0264. The molecule has 0 spiro atoms. The van der Waals surface area contributed by atoms with Gasteiger partial charge in [0, 0.05) is 13.1 Å². The van der Waals surface area contributed by atoms with Crippen LogP contribution in [0, 0.1) is 11.3 Å². The van der Waals surface area contributed by atoms with Crippen LogP contribution in [-0.4, -0.2) is 41.1 Å². The molecule has 0 bridgehead atoms. The van der Waals surface area contributed by atoms with E-state index in [1.54, 1.807) is 0 Å². The number of aliphatic carboxylic acids is 1. The van der Waals surface area contributed by atoms with Crippen LogP contribution in [0.25, 0.3) is 0 Å². The lowest BCUT2D eigenvalue weighted by Crippen LogP contribution is -2.55. The Bertz CT molecular complexity index is 352. The van der Waals surface area contributed by atoms with Gasteiger partial charge in [0.2, 0.25) is 0 Å². The number of nitrogens with one attached hydrogen (secondary N) is 1. The number of carbonyl (C=O) groups excluding carboxylic acids is 1. The molecule has 1 saturated carbocycles. The number of carbonyl (C=O) groups is 2. The molecule has 1 aliphatic heterocycles. The lowest BCUT2D eigenvalue weighted by Gasteiger charge is -2.37. The van der Waals surface area contributed by atoms with Crippen molar-refractivity contribution in [1.29, 1.82) is 0 Å². The van der Waals surface area contributed by atoms with Gasteiger partial charge in [-0.15, -0.1) is 0 Å². The largest absolute Gasteiger partial charge is 0.480 e. The summed E-state index contributed by atoms with van der Waals surface area (Å²) in [5.74, 6) is -0.867. The number of piperidine rings is 1. The highest BCUT2D eigenvalue weighted by Crippen LogP contribution is 2.44. The molecule has 2 aliphatic rings. The van der Waals surface area contributed by atoms with Crippen molar-refractivity contribution in [3.05, 3.63) is 0 Å². The van der Waals surface area contributed by atoms with E-state index in [9.17, 15) is 14.7 Å². The first-order valence-corrected chi connectivity index (χ1v) is 6.70. The Morgan fingerprint density at radius 3 is 2.67 bits per heavy atom. The maximum Gasteiger partial charge on any atom is 0.326 e. The van der Waals surface area contributed by atoms with E-state index in [2.05, 4.69) is 12.2 Å². The minimum atomic E-state index is -0.894. The molecular formula is C13H22N2O3. The SMILES string of the molecule is CC1CCCN(C(=O)NCC2(C)CC2)C1C(=O)O. The third-order valence-corrected chi connectivity index (χ3v) is 4.22. The summed E-state index contributed by atoms with van der Waals surface area (Å²) < 4.78 is 0. The molecule has 0 aromatic heterocycles. The van der Waals surface area contributed by atoms with Crippen molar-refractivity contribution in [1.82, 2.24) is 10.2 Å². The van der Waals surface area contributed by atoms with E-state index in [4.69, 9.17) is 0 Å². The third kappa shape index (κ3) is 2.76. The second-order valence-electron chi connectivity index (χ2n) is 6.07. The summed E-state index contributed by atoms with van der Waals surface area (Å²) in [7, 11) is 0. The zero-order chi connectivity index (χ0) is 13.3. The van der Waals surface area contributed by atoms with E-state index in [1.165, 1.54) is 4.90 Å². The smallest absolute Gasteiger partial charge is 0.326 e. The predicted octanol–water partition coefficient (Wildman–Crippen LogP) is 1.68. The molecule has 1 aliphatic carbocycles. The summed E-state index contributed by atoms with van der Waals surface area (Å²) in [5.41, 5.74) is 0.246. The minimum Gasteiger partial charge on any atom is -0.480 e. The average Bonchev–Trinajstić information content (AvgIpc) is 3.04. The van der Waals surface area contributed by atoms with E-state index in [0.717, 1.165) is 25.7 Å². The van der Waals surface area contributed by atoms with Gasteiger partial charge in [0.15, 0.2) is 0 Å². The third-order valence-electron chi connectivity index (χ3n) is 4.22. The van der Waals surface area contributed by atoms with Gasteiger partial charge in [0.25, 0.3) is 0 Å². The molecule has 0 aromatic carbocycles. The van der Waals surface area contributed by atoms with Crippen LogP contribution in [0.1, 0.15) is 39.5 Å². The molecule has 2 rings (SSSR count). The Hall–Kier alpha value is -1.26. The molecule has 1 saturated heterocycles. The van der Waals surface area contributed by atoms with Gasteiger partial charge in [0.1, 0.15) is 6.04 Å². The molecule has 2 atom stereocenters. The number of hydrogen-bond acceptors (Lipinski definition) is 2. The van der Waals surface area contributed by atoms with E-state index >= 15 is 0 Å². The average molecular weight is 254 g/mol. The van der Waals surface area contributed by atoms with Gasteiger partial charge in [-0.1, -0.05) is 13.8 Å². The standard InChI is InChI=1S/C13H22N2O3/c1-9-4-3-7-15(10(9)11(16)17)12(18)14-8-13(2)5-6-13/h9-10H,3-8H2,1-2H3,(H,14,18)(H,16,17). The maximum absolute atomic E-state index is 12.1. The van der Waals surface area contributed by atoms with Crippen molar-refractivity contribution in [2.75, 3.05) is 13.1 Å². The first-order valence-electron chi connectivity index (χ1n) is 6.70. The topological polar surface area (TPSA) is 69.6 Å². The molecular weight excluding hydrogens is 232 g/mol. The first kappa shape index (κ1) is 13.2. The van der Waals surface area contributed by atoms with Crippen LogP contribution in [0.4, 0.5) is 4.79 Å². The fraction of sp³-hybridized carbons (Fsp3) is 0.846. The van der Waals surface area contributed by atoms with Crippen molar-refractivity contribution >= 4 is 12.0 Å². The van der Waals surface area contributed by atoms with E-state index < -0.39 is 12.0 Å². The Kier molecular flexibility index (Phi) is 3.50. The molecule has 2 unspecified atom stereocenters. The number of nitrogens with zero attached hydrogens (tertiary/aromatic N) is 1. The Balaban J connectivity index is 1.95. The molecule has 18 heavy (non-hydrogen) atoms. The van der Waals surface area contributed by atoms with Crippen molar-refractivity contribution in [2.24, 2.45) is 11.3 Å². The van der Waals surface area contributed by atoms with Gasteiger partial charge in [-0.3, -0.25) is 0 Å². The maximum atomic E-state index is 12.1. The van der Waals surface area contributed by atoms with Crippen LogP contribution in [0.15, 0.2) is 0 Å². The second-order valence-corrected chi connectivity index (χ2v) is 6.07. The molecule has 102 valence electrons. The van der Waals surface area contributed by atoms with E-state index in [1.807, 2.05) is 6.92 Å². The van der Waals surface area contributed by atoms with Gasteiger partial charge in [-0.2, -0.15) is 0 Å². The molecule has 2 amide bonds. The quantitative estimate of drug-likeness (QED) is 0.805. The van der Waals surface area contributed by atoms with Gasteiger partial charge in [0.05, 0.1) is 0 Å². The van der Waals surface area contributed by atoms with Crippen LogP contribution >= 0.6 is 0 Å². The number of amides is 2. The van der Waals surface area contributed by atoms with Crippen LogP contribution in [0.2, 0.25) is 0 Å². The van der Waals surface area contributed by atoms with Crippen molar-refractivity contribution in [2.45, 2.75) is 45.6 Å². The van der Waals surface area contributed by atoms with E-state index in [-0.39, 0.29) is 17.4 Å². The Morgan fingerprint density at radius 2 is 2.11 bits per heavy atom. The summed E-state index contributed by atoms with van der Waals surface area (Å²) in [6, 6.07) is -0.896. The fourth-order valence-electron chi connectivity index (χ4n) is 2.57. The van der Waals surface area contributed by atoms with Crippen LogP contribution < -0.4 is 5.32 Å². The number of carboxylic acids is 1. The number of hydrogen-bond donors (Lipinski definition) is 2. The highest BCUT2D eigenvalue weighted by molar-refractivity contribution is 5.83. The van der Waals surface area contributed by atoms with Crippen LogP contribution in [0.5, 0.6) is 0 Å². The van der Waals surface area contributed by atoms with Crippen molar-refractivity contribution < 1.29 is 14.7 Å². The zero-order valence-electron chi connectivity index (χ0n) is 11.1. The van der Waals surface area contributed by atoms with Gasteiger partial charge in [-0.25, -0.2) is 9.59 Å². The Labute approximate surface area is 108 Å². The van der Waals surface area contributed by atoms with Crippen molar-refractivity contribution in [3.8, 4) is 0 Å². The lowest BCUT2D eigenvalue weighted by molar-refractivity contribution is -0.145. The van der Waals surface area contributed by atoms with Gasteiger partial charge in [-0.05, 0) is 37.0 Å². The molecule has 2 fully saturated rings. The highest BCUT2D eigenvalue weighted by atomic mass is 16.4. The van der Waals surface area contributed by atoms with Crippen molar-refractivity contribution in [3.63, 3.8) is 0 Å². The molecule has 0 aromatic rings. The first-order chi connectivity index (χ1) is 8.43. The number of urea groups is 1. The molecule has 1 heterocycles. The monoisotopic (exact) mass is 254 g/mol. The molecule has 5 nitrogen and oxygen atoms in total. The summed E-state index contributed by atoms with van der Waals surface area (Å²) in [4.78, 5) is 24.8. The zero-order valence-corrected chi connectivity index (χ0v) is 11.1. The number of rotatable bonds is 3. The predicted molar refractivity (Wildman–Crippen MR) is 67.3 cm³/mol. The highest BCUT2D eigenvalue weighted by Gasteiger charge is 2.40. The normalized spacial score (nSPS) is 29.8. The summed E-state index contributed by atoms with van der Waals surface area (Å²) in [5, 5.41) is 12.1. The summed E-state index contributed by atoms with van der Waals surface area (Å²) in [6.07, 6.45) is 4.05. The van der Waals surface area contributed by atoms with Crippen LogP contribution in [-0.2, 0) is 4.79 Å². The molecule has 0 radical (unpaired) electrons. The van der Waals surface area contributed by atoms with E-state index in [0.29, 0.717) is 13.1 Å². The second kappa shape index (κ2) is 4.78. The van der Waals surface area contributed by atoms with Gasteiger partial charge < -0.3 is 15.3 Å². The van der Waals surface area contributed by atoms with Crippen LogP contribution in [0.3, 0.4) is 0 Å². The van der Waals surface area contributed by atoms with Gasteiger partial charge >= 0.3 is 12.0 Å².